The third-order valence-electron chi connectivity index (χ3n) is 2.57. The second-order valence-electron chi connectivity index (χ2n) is 3.84. The molecular weight excluding hydrogens is 222 g/mol. The molecule has 0 bridgehead atoms. The van der Waals surface area contributed by atoms with Gasteiger partial charge in [-0.3, -0.25) is 9.59 Å². The van der Waals surface area contributed by atoms with Crippen molar-refractivity contribution in [1.29, 1.82) is 0 Å². The van der Waals surface area contributed by atoms with Crippen LogP contribution in [0.1, 0.15) is 15.9 Å². The lowest BCUT2D eigenvalue weighted by molar-refractivity contribution is -0.161. The second-order valence-corrected chi connectivity index (χ2v) is 3.84. The number of anilines is 1. The molecular formula is C11H13N3O3. The van der Waals surface area contributed by atoms with E-state index in [4.69, 9.17) is 10.6 Å². The van der Waals surface area contributed by atoms with Crippen LogP contribution in [0.5, 0.6) is 0 Å². The molecule has 1 aliphatic rings. The highest BCUT2D eigenvalue weighted by Gasteiger charge is 2.29. The highest BCUT2D eigenvalue weighted by molar-refractivity contribution is 5.99. The molecule has 90 valence electrons. The highest BCUT2D eigenvalue weighted by atomic mass is 16.7. The van der Waals surface area contributed by atoms with Gasteiger partial charge in [0.15, 0.2) is 0 Å². The molecule has 1 aromatic carbocycles. The maximum atomic E-state index is 11.9. The number of amides is 2. The van der Waals surface area contributed by atoms with Crippen LogP contribution in [0.2, 0.25) is 0 Å². The molecule has 6 nitrogen and oxygen atoms in total. The van der Waals surface area contributed by atoms with Crippen molar-refractivity contribution >= 4 is 18.0 Å². The van der Waals surface area contributed by atoms with Crippen molar-refractivity contribution in [1.82, 2.24) is 9.96 Å². The van der Waals surface area contributed by atoms with E-state index in [0.29, 0.717) is 24.2 Å². The first kappa shape index (κ1) is 11.4. The Morgan fingerprint density at radius 3 is 3.00 bits per heavy atom. The Hall–Kier alpha value is -2.08. The zero-order valence-corrected chi connectivity index (χ0v) is 9.42. The summed E-state index contributed by atoms with van der Waals surface area (Å²) in [6.45, 7) is 0.344. The van der Waals surface area contributed by atoms with Crippen molar-refractivity contribution in [3.05, 3.63) is 29.3 Å². The molecule has 0 saturated heterocycles. The number of nitrogen functional groups attached to an aromatic ring is 1. The van der Waals surface area contributed by atoms with Crippen LogP contribution in [0.15, 0.2) is 18.2 Å². The van der Waals surface area contributed by atoms with Crippen molar-refractivity contribution < 1.29 is 14.4 Å². The third kappa shape index (κ3) is 2.07. The van der Waals surface area contributed by atoms with Crippen LogP contribution in [0.25, 0.3) is 0 Å². The summed E-state index contributed by atoms with van der Waals surface area (Å²) >= 11 is 0. The maximum absolute atomic E-state index is 11.9. The van der Waals surface area contributed by atoms with Gasteiger partial charge in [-0.1, -0.05) is 6.07 Å². The van der Waals surface area contributed by atoms with E-state index in [1.165, 1.54) is 9.96 Å². The molecule has 1 heterocycles. The summed E-state index contributed by atoms with van der Waals surface area (Å²) in [6.07, 6.45) is 0.627. The summed E-state index contributed by atoms with van der Waals surface area (Å²) in [4.78, 5) is 28.8. The van der Waals surface area contributed by atoms with Crippen LogP contribution >= 0.6 is 0 Å². The summed E-state index contributed by atoms with van der Waals surface area (Å²) in [5, 5.41) is 1.21. The van der Waals surface area contributed by atoms with E-state index >= 15 is 0 Å². The first-order valence-corrected chi connectivity index (χ1v) is 5.11. The minimum atomic E-state index is -0.230. The lowest BCUT2D eigenvalue weighted by atomic mass is 10.1. The van der Waals surface area contributed by atoms with Crippen LogP contribution in [0, 0.1) is 0 Å². The zero-order chi connectivity index (χ0) is 12.4. The number of nitrogens with two attached hydrogens (primary N) is 1. The van der Waals surface area contributed by atoms with E-state index in [1.54, 1.807) is 25.2 Å². The summed E-state index contributed by atoms with van der Waals surface area (Å²) in [7, 11) is 1.56. The molecule has 0 atom stereocenters. The van der Waals surface area contributed by atoms with E-state index in [0.717, 1.165) is 5.56 Å². The van der Waals surface area contributed by atoms with E-state index in [9.17, 15) is 9.59 Å². The van der Waals surface area contributed by atoms with Crippen molar-refractivity contribution in [3.8, 4) is 0 Å². The Bertz CT molecular complexity index is 461. The lowest BCUT2D eigenvalue weighted by Crippen LogP contribution is -2.30. The number of hydrogen-bond acceptors (Lipinski definition) is 4. The monoisotopic (exact) mass is 235 g/mol. The predicted molar refractivity (Wildman–Crippen MR) is 60.5 cm³/mol. The average molecular weight is 235 g/mol. The van der Waals surface area contributed by atoms with E-state index in [1.807, 2.05) is 0 Å². The minimum absolute atomic E-state index is 0.0309. The molecule has 17 heavy (non-hydrogen) atoms. The molecule has 0 unspecified atom stereocenters. The largest absolute Gasteiger partial charge is 0.398 e. The van der Waals surface area contributed by atoms with Gasteiger partial charge < -0.3 is 10.6 Å². The molecule has 6 heteroatoms. The van der Waals surface area contributed by atoms with Crippen LogP contribution in [0.3, 0.4) is 0 Å². The summed E-state index contributed by atoms with van der Waals surface area (Å²) in [6, 6.07) is 5.18. The minimum Gasteiger partial charge on any atom is -0.398 e. The van der Waals surface area contributed by atoms with Crippen LogP contribution in [0.4, 0.5) is 5.69 Å². The van der Waals surface area contributed by atoms with Crippen molar-refractivity contribution in [2.75, 3.05) is 19.5 Å². The number of hydroxylamine groups is 2. The van der Waals surface area contributed by atoms with Gasteiger partial charge in [0.05, 0.1) is 6.54 Å². The molecule has 0 spiro atoms. The molecule has 0 fully saturated rings. The molecule has 0 aromatic heterocycles. The van der Waals surface area contributed by atoms with E-state index in [2.05, 4.69) is 0 Å². The fourth-order valence-electron chi connectivity index (χ4n) is 1.63. The number of carbonyl (C=O) groups is 2. The Morgan fingerprint density at radius 1 is 1.59 bits per heavy atom. The molecule has 2 rings (SSSR count). The second kappa shape index (κ2) is 4.42. The van der Waals surface area contributed by atoms with Gasteiger partial charge in [0.25, 0.3) is 5.91 Å². The molecule has 0 saturated carbocycles. The molecule has 1 aliphatic heterocycles. The molecule has 0 aliphatic carbocycles. The smallest absolute Gasteiger partial charge is 0.278 e. The van der Waals surface area contributed by atoms with Gasteiger partial charge in [-0.2, -0.15) is 0 Å². The first-order chi connectivity index (χ1) is 8.13. The van der Waals surface area contributed by atoms with Gasteiger partial charge in [-0.25, -0.2) is 9.90 Å². The fourth-order valence-corrected chi connectivity index (χ4v) is 1.63. The Labute approximate surface area is 98.5 Å². The van der Waals surface area contributed by atoms with Gasteiger partial charge in [0.2, 0.25) is 6.41 Å². The highest BCUT2D eigenvalue weighted by Crippen LogP contribution is 2.27. The third-order valence-corrected chi connectivity index (χ3v) is 2.57. The zero-order valence-electron chi connectivity index (χ0n) is 9.42. The van der Waals surface area contributed by atoms with Crippen molar-refractivity contribution in [2.45, 2.75) is 6.54 Å². The number of rotatable bonds is 4. The normalized spacial score (nSPS) is 13.7. The maximum Gasteiger partial charge on any atom is 0.278 e. The number of nitrogens with zero attached hydrogens (tertiary/aromatic N) is 2. The number of carbonyl (C=O) groups excluding carboxylic acids is 2. The summed E-state index contributed by atoms with van der Waals surface area (Å²) in [5.41, 5.74) is 7.68. The van der Waals surface area contributed by atoms with E-state index in [-0.39, 0.29) is 12.6 Å². The van der Waals surface area contributed by atoms with Gasteiger partial charge in [0.1, 0.15) is 6.73 Å². The van der Waals surface area contributed by atoms with Crippen molar-refractivity contribution in [3.63, 3.8) is 0 Å². The van der Waals surface area contributed by atoms with Crippen LogP contribution in [-0.2, 0) is 16.2 Å². The van der Waals surface area contributed by atoms with Crippen LogP contribution < -0.4 is 5.73 Å². The topological polar surface area (TPSA) is 75.9 Å². The van der Waals surface area contributed by atoms with Crippen LogP contribution in [-0.4, -0.2) is 36.1 Å². The fraction of sp³-hybridized carbons (Fsp3) is 0.273. The molecule has 0 radical (unpaired) electrons. The average Bonchev–Trinajstić information content (AvgIpc) is 2.65. The summed E-state index contributed by atoms with van der Waals surface area (Å²) < 4.78 is 0. The quantitative estimate of drug-likeness (QED) is 0.459. The predicted octanol–water partition coefficient (Wildman–Crippen LogP) is 0.202. The standard InChI is InChI=1S/C11H13N3O3/c1-13(6-15)7-17-14-5-9-8(11(14)16)3-2-4-10(9)12/h2-4,6H,5,7,12H2,1H3. The molecule has 1 aromatic rings. The number of hydrogen-bond donors (Lipinski definition) is 1. The first-order valence-electron chi connectivity index (χ1n) is 5.11. The molecule has 2 amide bonds. The SMILES string of the molecule is CN(C=O)CON1Cc2c(N)cccc2C1=O. The number of benzene rings is 1. The summed E-state index contributed by atoms with van der Waals surface area (Å²) in [5.74, 6) is -0.230. The van der Waals surface area contributed by atoms with Gasteiger partial charge >= 0.3 is 0 Å². The Balaban J connectivity index is 2.09. The van der Waals surface area contributed by atoms with Crippen molar-refractivity contribution in [2.24, 2.45) is 0 Å². The van der Waals surface area contributed by atoms with Gasteiger partial charge in [-0.15, -0.1) is 0 Å². The van der Waals surface area contributed by atoms with Gasteiger partial charge in [-0.05, 0) is 12.1 Å². The van der Waals surface area contributed by atoms with Gasteiger partial charge in [0, 0.05) is 23.9 Å². The van der Waals surface area contributed by atoms with E-state index < -0.39 is 0 Å². The Morgan fingerprint density at radius 2 is 2.35 bits per heavy atom. The number of fused-ring (bicyclic) bond motifs is 1. The Kier molecular flexibility index (Phi) is 2.97. The lowest BCUT2D eigenvalue weighted by Gasteiger charge is -2.18. The molecule has 2 N–H and O–H groups in total.